The lowest BCUT2D eigenvalue weighted by Gasteiger charge is -2.09. The van der Waals surface area contributed by atoms with Crippen LogP contribution >= 0.6 is 0 Å². The molecule has 2 rings (SSSR count). The van der Waals surface area contributed by atoms with Crippen LogP contribution in [0, 0.1) is 5.82 Å². The van der Waals surface area contributed by atoms with Crippen molar-refractivity contribution in [3.05, 3.63) is 54.0 Å². The molecule has 0 aliphatic heterocycles. The second-order valence-corrected chi connectivity index (χ2v) is 5.77. The third-order valence-corrected chi connectivity index (χ3v) is 3.96. The van der Waals surface area contributed by atoms with Gasteiger partial charge >= 0.3 is 0 Å². The first-order valence-electron chi connectivity index (χ1n) is 5.90. The van der Waals surface area contributed by atoms with E-state index in [9.17, 15) is 12.8 Å². The van der Waals surface area contributed by atoms with Crippen molar-refractivity contribution in [1.82, 2.24) is 10.3 Å². The Morgan fingerprint density at radius 3 is 2.65 bits per heavy atom. The number of nitrogens with one attached hydrogen (secondary N) is 2. The molecule has 0 radical (unpaired) electrons. The third kappa shape index (κ3) is 3.31. The Morgan fingerprint density at radius 1 is 1.25 bits per heavy atom. The van der Waals surface area contributed by atoms with Gasteiger partial charge in [0, 0.05) is 12.7 Å². The predicted molar refractivity (Wildman–Crippen MR) is 74.2 cm³/mol. The molecular formula is C13H14FN3O2S. The van der Waals surface area contributed by atoms with Crippen molar-refractivity contribution in [2.45, 2.75) is 11.4 Å². The summed E-state index contributed by atoms with van der Waals surface area (Å²) in [6.45, 7) is 0.463. The Hall–Kier alpha value is -1.99. The summed E-state index contributed by atoms with van der Waals surface area (Å²) in [4.78, 5) is 3.44. The van der Waals surface area contributed by atoms with E-state index in [1.165, 1.54) is 24.4 Å². The van der Waals surface area contributed by atoms with E-state index in [1.807, 2.05) is 0 Å². The highest BCUT2D eigenvalue weighted by Gasteiger charge is 2.19. The standard InChI is InChI=1S/C13H14FN3O2S/c1-15-9-10-5-6-12(11(14)8-10)20(18,19)17-13-4-2-3-7-16-13/h2-8,15H,9H2,1H3,(H,16,17). The molecule has 20 heavy (non-hydrogen) atoms. The monoisotopic (exact) mass is 295 g/mol. The SMILES string of the molecule is CNCc1ccc(S(=O)(=O)Nc2ccccn2)c(F)c1. The molecule has 0 saturated heterocycles. The highest BCUT2D eigenvalue weighted by molar-refractivity contribution is 7.92. The van der Waals surface area contributed by atoms with Crippen LogP contribution in [0.3, 0.4) is 0 Å². The van der Waals surface area contributed by atoms with Gasteiger partial charge in [-0.1, -0.05) is 12.1 Å². The zero-order chi connectivity index (χ0) is 14.6. The van der Waals surface area contributed by atoms with Crippen LogP contribution in [0.15, 0.2) is 47.5 Å². The van der Waals surface area contributed by atoms with Gasteiger partial charge in [0.05, 0.1) is 0 Å². The minimum Gasteiger partial charge on any atom is -0.316 e. The number of hydrogen-bond acceptors (Lipinski definition) is 4. The second kappa shape index (κ2) is 5.98. The van der Waals surface area contributed by atoms with Crippen molar-refractivity contribution in [2.24, 2.45) is 0 Å². The number of nitrogens with zero attached hydrogens (tertiary/aromatic N) is 1. The molecule has 2 N–H and O–H groups in total. The number of aromatic nitrogens is 1. The molecule has 0 aliphatic carbocycles. The lowest BCUT2D eigenvalue weighted by Crippen LogP contribution is -2.16. The average Bonchev–Trinajstić information content (AvgIpc) is 2.39. The lowest BCUT2D eigenvalue weighted by atomic mass is 10.2. The van der Waals surface area contributed by atoms with Gasteiger partial charge in [-0.05, 0) is 36.9 Å². The van der Waals surface area contributed by atoms with Crippen LogP contribution in [0.1, 0.15) is 5.56 Å². The van der Waals surface area contributed by atoms with Gasteiger partial charge in [0.15, 0.2) is 0 Å². The van der Waals surface area contributed by atoms with Crippen LogP contribution < -0.4 is 10.0 Å². The second-order valence-electron chi connectivity index (χ2n) is 4.12. The van der Waals surface area contributed by atoms with Crippen molar-refractivity contribution in [3.8, 4) is 0 Å². The van der Waals surface area contributed by atoms with E-state index in [0.29, 0.717) is 12.1 Å². The third-order valence-electron chi connectivity index (χ3n) is 2.57. The predicted octanol–water partition coefficient (Wildman–Crippen LogP) is 1.74. The Morgan fingerprint density at radius 2 is 2.05 bits per heavy atom. The molecule has 2 aromatic rings. The van der Waals surface area contributed by atoms with Gasteiger partial charge in [0.1, 0.15) is 16.5 Å². The maximum Gasteiger partial charge on any atom is 0.265 e. The topological polar surface area (TPSA) is 71.1 Å². The Labute approximate surface area is 116 Å². The summed E-state index contributed by atoms with van der Waals surface area (Å²) in [5, 5.41) is 2.87. The zero-order valence-corrected chi connectivity index (χ0v) is 11.6. The van der Waals surface area contributed by atoms with Crippen LogP contribution in [0.4, 0.5) is 10.2 Å². The summed E-state index contributed by atoms with van der Waals surface area (Å²) in [6.07, 6.45) is 1.45. The molecule has 7 heteroatoms. The number of anilines is 1. The van der Waals surface area contributed by atoms with Crippen LogP contribution in [0.5, 0.6) is 0 Å². The summed E-state index contributed by atoms with van der Waals surface area (Å²) in [7, 11) is -2.26. The van der Waals surface area contributed by atoms with Crippen LogP contribution in [0.2, 0.25) is 0 Å². The number of benzene rings is 1. The number of pyridine rings is 1. The van der Waals surface area contributed by atoms with Crippen LogP contribution in [0.25, 0.3) is 0 Å². The first-order valence-corrected chi connectivity index (χ1v) is 7.38. The Balaban J connectivity index is 2.30. The molecule has 1 aromatic heterocycles. The van der Waals surface area contributed by atoms with Gasteiger partial charge < -0.3 is 5.32 Å². The molecular weight excluding hydrogens is 281 g/mol. The van der Waals surface area contributed by atoms with E-state index in [-0.39, 0.29) is 5.82 Å². The molecule has 0 saturated carbocycles. The molecule has 0 unspecified atom stereocenters. The van der Waals surface area contributed by atoms with Gasteiger partial charge in [-0.3, -0.25) is 4.72 Å². The van der Waals surface area contributed by atoms with Crippen LogP contribution in [-0.2, 0) is 16.6 Å². The fourth-order valence-electron chi connectivity index (χ4n) is 1.69. The molecule has 1 heterocycles. The van der Waals surface area contributed by atoms with Gasteiger partial charge in [0.25, 0.3) is 10.0 Å². The summed E-state index contributed by atoms with van der Waals surface area (Å²) < 4.78 is 40.3. The number of sulfonamides is 1. The summed E-state index contributed by atoms with van der Waals surface area (Å²) in [5.74, 6) is -0.646. The van der Waals surface area contributed by atoms with E-state index in [4.69, 9.17) is 0 Å². The summed E-state index contributed by atoms with van der Waals surface area (Å²) in [5.41, 5.74) is 0.668. The normalized spacial score (nSPS) is 11.3. The van der Waals surface area contributed by atoms with Crippen molar-refractivity contribution in [1.29, 1.82) is 0 Å². The van der Waals surface area contributed by atoms with Gasteiger partial charge in [-0.2, -0.15) is 0 Å². The van der Waals surface area contributed by atoms with E-state index in [1.54, 1.807) is 25.2 Å². The highest BCUT2D eigenvalue weighted by atomic mass is 32.2. The maximum absolute atomic E-state index is 13.9. The highest BCUT2D eigenvalue weighted by Crippen LogP contribution is 2.18. The molecule has 5 nitrogen and oxygen atoms in total. The Kier molecular flexibility index (Phi) is 4.31. The van der Waals surface area contributed by atoms with Crippen molar-refractivity contribution in [2.75, 3.05) is 11.8 Å². The van der Waals surface area contributed by atoms with Crippen molar-refractivity contribution in [3.63, 3.8) is 0 Å². The number of halogens is 1. The molecule has 1 aromatic carbocycles. The fourth-order valence-corrected chi connectivity index (χ4v) is 2.76. The summed E-state index contributed by atoms with van der Waals surface area (Å²) >= 11 is 0. The first-order chi connectivity index (χ1) is 9.53. The van der Waals surface area contributed by atoms with E-state index in [2.05, 4.69) is 15.0 Å². The van der Waals surface area contributed by atoms with E-state index in [0.717, 1.165) is 0 Å². The zero-order valence-electron chi connectivity index (χ0n) is 10.8. The fraction of sp³-hybridized carbons (Fsp3) is 0.154. The molecule has 0 spiro atoms. The molecule has 0 fully saturated rings. The largest absolute Gasteiger partial charge is 0.316 e. The van der Waals surface area contributed by atoms with E-state index < -0.39 is 20.7 Å². The number of hydrogen-bond donors (Lipinski definition) is 2. The van der Waals surface area contributed by atoms with Crippen molar-refractivity contribution < 1.29 is 12.8 Å². The lowest BCUT2D eigenvalue weighted by molar-refractivity contribution is 0.568. The maximum atomic E-state index is 13.9. The first kappa shape index (κ1) is 14.4. The molecule has 0 bridgehead atoms. The molecule has 0 atom stereocenters. The summed E-state index contributed by atoms with van der Waals surface area (Å²) in [6, 6.07) is 8.79. The molecule has 106 valence electrons. The average molecular weight is 295 g/mol. The Bertz CT molecular complexity index is 690. The minimum absolute atomic E-state index is 0.145. The quantitative estimate of drug-likeness (QED) is 0.881. The smallest absolute Gasteiger partial charge is 0.265 e. The van der Waals surface area contributed by atoms with E-state index >= 15 is 0 Å². The van der Waals surface area contributed by atoms with Gasteiger partial charge in [-0.15, -0.1) is 0 Å². The number of rotatable bonds is 5. The molecule has 0 amide bonds. The van der Waals surface area contributed by atoms with Gasteiger partial charge in [-0.25, -0.2) is 17.8 Å². The van der Waals surface area contributed by atoms with Gasteiger partial charge in [0.2, 0.25) is 0 Å². The molecule has 0 aliphatic rings. The van der Waals surface area contributed by atoms with Crippen LogP contribution in [-0.4, -0.2) is 20.4 Å². The van der Waals surface area contributed by atoms with Crippen molar-refractivity contribution >= 4 is 15.8 Å². The minimum atomic E-state index is -3.98.